The molecule has 2 aromatic carbocycles. The first-order valence-corrected chi connectivity index (χ1v) is 7.79. The summed E-state index contributed by atoms with van der Waals surface area (Å²) in [5.41, 5.74) is 0.0658. The van der Waals surface area contributed by atoms with E-state index in [1.54, 1.807) is 0 Å². The maximum absolute atomic E-state index is 12.3. The molecule has 0 radical (unpaired) electrons. The van der Waals surface area contributed by atoms with Crippen molar-refractivity contribution in [3.8, 4) is 11.8 Å². The highest BCUT2D eigenvalue weighted by molar-refractivity contribution is 7.92. The molecule has 0 unspecified atom stereocenters. The van der Waals surface area contributed by atoms with E-state index in [1.165, 1.54) is 30.3 Å². The fraction of sp³-hybridized carbons (Fsp3) is 0. The first-order chi connectivity index (χ1) is 9.85. The van der Waals surface area contributed by atoms with Crippen molar-refractivity contribution in [1.29, 1.82) is 5.26 Å². The van der Waals surface area contributed by atoms with Crippen molar-refractivity contribution in [1.82, 2.24) is 0 Å². The van der Waals surface area contributed by atoms with Gasteiger partial charge in [0.2, 0.25) is 0 Å². The Bertz CT molecular complexity index is 845. The van der Waals surface area contributed by atoms with Gasteiger partial charge in [-0.2, -0.15) is 5.26 Å². The van der Waals surface area contributed by atoms with E-state index < -0.39 is 15.8 Å². The number of halogens is 2. The lowest BCUT2D eigenvalue weighted by Gasteiger charge is -2.11. The first kappa shape index (κ1) is 15.4. The molecule has 0 aliphatic rings. The Morgan fingerprint density at radius 2 is 1.86 bits per heavy atom. The third-order valence-corrected chi connectivity index (χ3v) is 4.73. The zero-order valence-corrected chi connectivity index (χ0v) is 12.7. The minimum absolute atomic E-state index is 0.00655. The number of nitrogens with one attached hydrogen (secondary N) is 1. The lowest BCUT2D eigenvalue weighted by molar-refractivity contribution is 0.478. The lowest BCUT2D eigenvalue weighted by atomic mass is 10.2. The van der Waals surface area contributed by atoms with E-state index in [1.807, 2.05) is 6.07 Å². The highest BCUT2D eigenvalue weighted by Crippen LogP contribution is 2.33. The number of nitriles is 1. The predicted molar refractivity (Wildman–Crippen MR) is 80.1 cm³/mol. The van der Waals surface area contributed by atoms with Crippen molar-refractivity contribution < 1.29 is 13.5 Å². The van der Waals surface area contributed by atoms with Gasteiger partial charge in [-0.15, -0.1) is 0 Å². The van der Waals surface area contributed by atoms with Crippen LogP contribution in [0, 0.1) is 11.3 Å². The fourth-order valence-corrected chi connectivity index (χ4v) is 3.34. The molecule has 8 heteroatoms. The second kappa shape index (κ2) is 5.82. The quantitative estimate of drug-likeness (QED) is 0.836. The molecule has 0 aliphatic heterocycles. The number of phenolic OH excluding ortho intramolecular Hbond substituents is 1. The highest BCUT2D eigenvalue weighted by atomic mass is 35.5. The molecule has 0 atom stereocenters. The number of aromatic hydroxyl groups is 1. The van der Waals surface area contributed by atoms with Gasteiger partial charge in [-0.3, -0.25) is 4.72 Å². The van der Waals surface area contributed by atoms with Gasteiger partial charge < -0.3 is 5.11 Å². The molecule has 0 bridgehead atoms. The van der Waals surface area contributed by atoms with Crippen LogP contribution in [0.5, 0.6) is 5.75 Å². The van der Waals surface area contributed by atoms with Gasteiger partial charge in [0, 0.05) is 0 Å². The number of anilines is 1. The summed E-state index contributed by atoms with van der Waals surface area (Å²) in [6, 6.07) is 9.93. The third-order valence-electron chi connectivity index (χ3n) is 2.58. The molecule has 5 nitrogen and oxygen atoms in total. The second-order valence-electron chi connectivity index (χ2n) is 4.00. The standard InChI is InChI=1S/C13H8Cl2N2O3S/c14-9-5-4-8(7-16)6-12(9)21(19,20)17-11-3-1-2-10(15)13(11)18/h1-6,17-18H. The van der Waals surface area contributed by atoms with Gasteiger partial charge in [0.25, 0.3) is 10.0 Å². The summed E-state index contributed by atoms with van der Waals surface area (Å²) in [5, 5.41) is 18.5. The molecule has 0 spiro atoms. The summed E-state index contributed by atoms with van der Waals surface area (Å²) in [5.74, 6) is -0.393. The number of benzene rings is 2. The molecule has 0 heterocycles. The topological polar surface area (TPSA) is 90.2 Å². The van der Waals surface area contributed by atoms with Gasteiger partial charge in [0.15, 0.2) is 5.75 Å². The van der Waals surface area contributed by atoms with Crippen molar-refractivity contribution in [3.05, 3.63) is 52.0 Å². The maximum Gasteiger partial charge on any atom is 0.263 e. The van der Waals surface area contributed by atoms with Gasteiger partial charge in [0.05, 0.1) is 27.4 Å². The molecule has 21 heavy (non-hydrogen) atoms. The molecule has 0 saturated carbocycles. The number of rotatable bonds is 3. The summed E-state index contributed by atoms with van der Waals surface area (Å²) in [7, 11) is -4.07. The number of nitrogens with zero attached hydrogens (tertiary/aromatic N) is 1. The first-order valence-electron chi connectivity index (χ1n) is 5.55. The molecule has 2 N–H and O–H groups in total. The second-order valence-corrected chi connectivity index (χ2v) is 6.46. The van der Waals surface area contributed by atoms with Crippen molar-refractivity contribution in [2.75, 3.05) is 4.72 Å². The molecule has 2 rings (SSSR count). The predicted octanol–water partition coefficient (Wildman–Crippen LogP) is 3.37. The van der Waals surface area contributed by atoms with Crippen molar-refractivity contribution >= 4 is 38.9 Å². The molecule has 2 aromatic rings. The molecule has 0 aliphatic carbocycles. The normalized spacial score (nSPS) is 10.9. The average Bonchev–Trinajstić information content (AvgIpc) is 2.44. The Labute approximate surface area is 131 Å². The zero-order valence-electron chi connectivity index (χ0n) is 10.3. The van der Waals surface area contributed by atoms with Crippen LogP contribution < -0.4 is 4.72 Å². The van der Waals surface area contributed by atoms with Crippen molar-refractivity contribution in [2.45, 2.75) is 4.90 Å². The van der Waals surface area contributed by atoms with Crippen molar-refractivity contribution in [2.24, 2.45) is 0 Å². The van der Waals surface area contributed by atoms with Crippen LogP contribution >= 0.6 is 23.2 Å². The van der Waals surface area contributed by atoms with E-state index in [9.17, 15) is 13.5 Å². The van der Waals surface area contributed by atoms with Crippen LogP contribution in [0.25, 0.3) is 0 Å². The van der Waals surface area contributed by atoms with Crippen molar-refractivity contribution in [3.63, 3.8) is 0 Å². The van der Waals surface area contributed by atoms with E-state index in [4.69, 9.17) is 28.5 Å². The summed E-state index contributed by atoms with van der Waals surface area (Å²) in [6.07, 6.45) is 0. The van der Waals surface area contributed by atoms with Gasteiger partial charge in [0.1, 0.15) is 4.90 Å². The largest absolute Gasteiger partial charge is 0.504 e. The van der Waals surface area contributed by atoms with E-state index in [2.05, 4.69) is 4.72 Å². The maximum atomic E-state index is 12.3. The molecule has 0 aromatic heterocycles. The van der Waals surface area contributed by atoms with E-state index in [0.29, 0.717) is 0 Å². The van der Waals surface area contributed by atoms with Gasteiger partial charge in [-0.25, -0.2) is 8.42 Å². The number of para-hydroxylation sites is 1. The van der Waals surface area contributed by atoms with Gasteiger partial charge in [-0.05, 0) is 30.3 Å². The average molecular weight is 343 g/mol. The van der Waals surface area contributed by atoms with Crippen LogP contribution in [0.1, 0.15) is 5.56 Å². The van der Waals surface area contributed by atoms with E-state index in [-0.39, 0.29) is 26.2 Å². The lowest BCUT2D eigenvalue weighted by Crippen LogP contribution is -2.13. The Morgan fingerprint density at radius 3 is 2.52 bits per heavy atom. The zero-order chi connectivity index (χ0) is 15.6. The number of hydrogen-bond acceptors (Lipinski definition) is 4. The molecule has 108 valence electrons. The van der Waals surface area contributed by atoms with E-state index >= 15 is 0 Å². The molecule has 0 amide bonds. The van der Waals surface area contributed by atoms with Crippen LogP contribution in [-0.4, -0.2) is 13.5 Å². The van der Waals surface area contributed by atoms with Crippen LogP contribution in [0.4, 0.5) is 5.69 Å². The Morgan fingerprint density at radius 1 is 1.14 bits per heavy atom. The smallest absolute Gasteiger partial charge is 0.263 e. The fourth-order valence-electron chi connectivity index (χ4n) is 1.58. The van der Waals surface area contributed by atoms with Crippen LogP contribution in [0.15, 0.2) is 41.3 Å². The molecule has 0 saturated heterocycles. The third kappa shape index (κ3) is 3.22. The molecular formula is C13H8Cl2N2O3S. The van der Waals surface area contributed by atoms with Gasteiger partial charge in [-0.1, -0.05) is 29.3 Å². The van der Waals surface area contributed by atoms with Gasteiger partial charge >= 0.3 is 0 Å². The van der Waals surface area contributed by atoms with E-state index in [0.717, 1.165) is 6.07 Å². The summed E-state index contributed by atoms with van der Waals surface area (Å²) < 4.78 is 26.8. The monoisotopic (exact) mass is 342 g/mol. The Hall–Kier alpha value is -1.94. The SMILES string of the molecule is N#Cc1ccc(Cl)c(S(=O)(=O)Nc2cccc(Cl)c2O)c1. The molecule has 0 fully saturated rings. The Kier molecular flexibility index (Phi) is 4.28. The number of sulfonamides is 1. The number of hydrogen-bond donors (Lipinski definition) is 2. The highest BCUT2D eigenvalue weighted by Gasteiger charge is 2.20. The summed E-state index contributed by atoms with van der Waals surface area (Å²) >= 11 is 11.6. The minimum atomic E-state index is -4.07. The summed E-state index contributed by atoms with van der Waals surface area (Å²) in [4.78, 5) is -0.261. The molecular weight excluding hydrogens is 335 g/mol. The minimum Gasteiger partial charge on any atom is -0.504 e. The van der Waals surface area contributed by atoms with Crippen LogP contribution in [0.2, 0.25) is 10.0 Å². The van der Waals surface area contributed by atoms with Crippen LogP contribution in [0.3, 0.4) is 0 Å². The number of phenols is 1. The summed E-state index contributed by atoms with van der Waals surface area (Å²) in [6.45, 7) is 0. The van der Waals surface area contributed by atoms with Crippen LogP contribution in [-0.2, 0) is 10.0 Å². The Balaban J connectivity index is 2.49.